The molecule has 30 heavy (non-hydrogen) atoms. The molecular formula is C21H27N7OS. The number of piperazine rings is 1. The van der Waals surface area contributed by atoms with Crippen molar-refractivity contribution >= 4 is 27.5 Å². The van der Waals surface area contributed by atoms with E-state index in [1.807, 2.05) is 10.6 Å². The minimum Gasteiger partial charge on any atom is -0.338 e. The number of anilines is 1. The van der Waals surface area contributed by atoms with Gasteiger partial charge in [-0.1, -0.05) is 0 Å². The second-order valence-corrected chi connectivity index (χ2v) is 9.23. The maximum Gasteiger partial charge on any atom is 0.262 e. The summed E-state index contributed by atoms with van der Waals surface area (Å²) in [5.41, 5.74) is 1.37. The zero-order valence-electron chi connectivity index (χ0n) is 17.3. The minimum atomic E-state index is 0.132. The number of aryl methyl sites for hydroxylation is 1. The Morgan fingerprint density at radius 2 is 1.83 bits per heavy atom. The van der Waals surface area contributed by atoms with Gasteiger partial charge in [0.15, 0.2) is 0 Å². The molecule has 5 heterocycles. The summed E-state index contributed by atoms with van der Waals surface area (Å²) < 4.78 is 1.81. The van der Waals surface area contributed by atoms with Crippen LogP contribution in [-0.4, -0.2) is 75.6 Å². The summed E-state index contributed by atoms with van der Waals surface area (Å²) in [5, 5.41) is 0.863. The molecule has 3 aromatic heterocycles. The summed E-state index contributed by atoms with van der Waals surface area (Å²) in [5.74, 6) is 0.813. The van der Waals surface area contributed by atoms with Crippen molar-refractivity contribution in [1.82, 2.24) is 29.3 Å². The predicted molar refractivity (Wildman–Crippen MR) is 119 cm³/mol. The van der Waals surface area contributed by atoms with Crippen LogP contribution in [0.15, 0.2) is 29.6 Å². The van der Waals surface area contributed by atoms with Crippen molar-refractivity contribution in [3.63, 3.8) is 0 Å². The van der Waals surface area contributed by atoms with E-state index < -0.39 is 0 Å². The monoisotopic (exact) mass is 425 g/mol. The normalized spacial score (nSPS) is 18.1. The molecule has 2 aliphatic heterocycles. The van der Waals surface area contributed by atoms with Crippen LogP contribution in [0.1, 0.15) is 16.9 Å². The molecule has 0 amide bonds. The number of rotatable bonds is 5. The number of fused-ring (bicyclic) bond motifs is 3. The van der Waals surface area contributed by atoms with Gasteiger partial charge in [-0.3, -0.25) is 14.3 Å². The van der Waals surface area contributed by atoms with E-state index >= 15 is 0 Å². The van der Waals surface area contributed by atoms with Crippen LogP contribution in [0.2, 0.25) is 0 Å². The summed E-state index contributed by atoms with van der Waals surface area (Å²) >= 11 is 1.68. The lowest BCUT2D eigenvalue weighted by Crippen LogP contribution is -2.47. The molecule has 3 aromatic rings. The van der Waals surface area contributed by atoms with E-state index in [9.17, 15) is 4.79 Å². The summed E-state index contributed by atoms with van der Waals surface area (Å²) in [7, 11) is 2.13. The van der Waals surface area contributed by atoms with Crippen molar-refractivity contribution in [2.45, 2.75) is 25.9 Å². The quantitative estimate of drug-likeness (QED) is 0.613. The van der Waals surface area contributed by atoms with Crippen LogP contribution in [0.5, 0.6) is 0 Å². The largest absolute Gasteiger partial charge is 0.338 e. The van der Waals surface area contributed by atoms with Crippen molar-refractivity contribution in [2.75, 3.05) is 51.2 Å². The molecule has 0 bridgehead atoms. The fourth-order valence-electron chi connectivity index (χ4n) is 4.40. The molecule has 0 spiro atoms. The Bertz CT molecular complexity index is 1070. The predicted octanol–water partition coefficient (Wildman–Crippen LogP) is 1.45. The second kappa shape index (κ2) is 8.41. The lowest BCUT2D eigenvalue weighted by molar-refractivity contribution is 0.249. The molecule has 0 aliphatic carbocycles. The minimum absolute atomic E-state index is 0.132. The average Bonchev–Trinajstić information content (AvgIpc) is 3.14. The molecule has 0 radical (unpaired) electrons. The Balaban J connectivity index is 1.19. The Kier molecular flexibility index (Phi) is 5.49. The molecule has 8 nitrogen and oxygen atoms in total. The third-order valence-corrected chi connectivity index (χ3v) is 7.22. The third kappa shape index (κ3) is 3.84. The fraction of sp³-hybridized carbons (Fsp3) is 0.524. The van der Waals surface area contributed by atoms with Gasteiger partial charge in [-0.05, 0) is 38.1 Å². The number of aromatic nitrogens is 4. The van der Waals surface area contributed by atoms with Crippen LogP contribution >= 0.6 is 11.3 Å². The topological polar surface area (TPSA) is 70.4 Å². The first-order valence-electron chi connectivity index (χ1n) is 10.6. The molecule has 1 fully saturated rings. The zero-order chi connectivity index (χ0) is 20.5. The molecule has 0 atom stereocenters. The van der Waals surface area contributed by atoms with E-state index in [4.69, 9.17) is 0 Å². The molecule has 0 unspecified atom stereocenters. The van der Waals surface area contributed by atoms with Crippen LogP contribution < -0.4 is 10.5 Å². The van der Waals surface area contributed by atoms with Crippen LogP contribution in [0.25, 0.3) is 10.2 Å². The van der Waals surface area contributed by atoms with Gasteiger partial charge in [0.1, 0.15) is 4.83 Å². The SMILES string of the molecule is CN1CCc2c(sc3ncn(CCCN4CCN(c5ncccn5)CC4)c(=O)c23)C1. The van der Waals surface area contributed by atoms with Gasteiger partial charge in [-0.2, -0.15) is 0 Å². The van der Waals surface area contributed by atoms with E-state index in [0.717, 1.165) is 74.8 Å². The number of hydrogen-bond donors (Lipinski definition) is 0. The van der Waals surface area contributed by atoms with E-state index in [0.29, 0.717) is 6.54 Å². The molecule has 0 saturated carbocycles. The zero-order valence-corrected chi connectivity index (χ0v) is 18.1. The van der Waals surface area contributed by atoms with E-state index in [2.05, 4.69) is 36.7 Å². The van der Waals surface area contributed by atoms with Crippen molar-refractivity contribution < 1.29 is 0 Å². The van der Waals surface area contributed by atoms with Gasteiger partial charge in [0.25, 0.3) is 5.56 Å². The Hall–Kier alpha value is -2.36. The molecule has 1 saturated heterocycles. The summed E-state index contributed by atoms with van der Waals surface area (Å²) in [4.78, 5) is 35.6. The second-order valence-electron chi connectivity index (χ2n) is 8.15. The Morgan fingerprint density at radius 3 is 2.63 bits per heavy atom. The molecule has 5 rings (SSSR count). The van der Waals surface area contributed by atoms with Crippen molar-refractivity contribution in [2.24, 2.45) is 0 Å². The molecule has 2 aliphatic rings. The first-order valence-corrected chi connectivity index (χ1v) is 11.4. The standard InChI is InChI=1S/C21H27N7OS/c1-25-9-4-16-17(14-25)30-19-18(16)20(29)28(15-24-19)8-3-7-26-10-12-27(13-11-26)21-22-5-2-6-23-21/h2,5-6,15H,3-4,7-14H2,1H3. The maximum absolute atomic E-state index is 13.1. The van der Waals surface area contributed by atoms with Gasteiger partial charge >= 0.3 is 0 Å². The van der Waals surface area contributed by atoms with Gasteiger partial charge in [0.05, 0.1) is 11.7 Å². The fourth-order valence-corrected chi connectivity index (χ4v) is 5.65. The van der Waals surface area contributed by atoms with Crippen LogP contribution in [0.3, 0.4) is 0 Å². The number of likely N-dealkylation sites (N-methyl/N-ethyl adjacent to an activating group) is 1. The van der Waals surface area contributed by atoms with Crippen LogP contribution in [0, 0.1) is 0 Å². The van der Waals surface area contributed by atoms with Gasteiger partial charge < -0.3 is 9.80 Å². The molecule has 0 N–H and O–H groups in total. The summed E-state index contributed by atoms with van der Waals surface area (Å²) in [6.45, 7) is 7.50. The molecule has 158 valence electrons. The first kappa shape index (κ1) is 19.6. The van der Waals surface area contributed by atoms with E-state index in [-0.39, 0.29) is 5.56 Å². The third-order valence-electron chi connectivity index (χ3n) is 6.10. The first-order chi connectivity index (χ1) is 14.7. The van der Waals surface area contributed by atoms with Gasteiger partial charge in [0, 0.05) is 63.1 Å². The van der Waals surface area contributed by atoms with Gasteiger partial charge in [-0.25, -0.2) is 15.0 Å². The molecule has 0 aromatic carbocycles. The maximum atomic E-state index is 13.1. The highest BCUT2D eigenvalue weighted by Gasteiger charge is 2.22. The van der Waals surface area contributed by atoms with Crippen molar-refractivity contribution in [3.05, 3.63) is 45.6 Å². The highest BCUT2D eigenvalue weighted by molar-refractivity contribution is 7.18. The number of hydrogen-bond acceptors (Lipinski definition) is 8. The molecular weight excluding hydrogens is 398 g/mol. The number of nitrogens with zero attached hydrogens (tertiary/aromatic N) is 7. The molecule has 9 heteroatoms. The lowest BCUT2D eigenvalue weighted by Gasteiger charge is -2.34. The lowest BCUT2D eigenvalue weighted by atomic mass is 10.1. The Morgan fingerprint density at radius 1 is 1.03 bits per heavy atom. The highest BCUT2D eigenvalue weighted by atomic mass is 32.1. The Labute approximate surface area is 179 Å². The van der Waals surface area contributed by atoms with Gasteiger partial charge in [-0.15, -0.1) is 11.3 Å². The van der Waals surface area contributed by atoms with E-state index in [1.54, 1.807) is 30.1 Å². The highest BCUT2D eigenvalue weighted by Crippen LogP contribution is 2.31. The van der Waals surface area contributed by atoms with E-state index in [1.165, 1.54) is 10.4 Å². The van der Waals surface area contributed by atoms with Gasteiger partial charge in [0.2, 0.25) is 5.95 Å². The summed E-state index contributed by atoms with van der Waals surface area (Å²) in [6.07, 6.45) is 7.22. The van der Waals surface area contributed by atoms with Crippen LogP contribution in [0.4, 0.5) is 5.95 Å². The smallest absolute Gasteiger partial charge is 0.262 e. The number of thiophene rings is 1. The summed E-state index contributed by atoms with van der Waals surface area (Å²) in [6, 6.07) is 1.85. The van der Waals surface area contributed by atoms with Crippen LogP contribution in [-0.2, 0) is 19.5 Å². The average molecular weight is 426 g/mol. The van der Waals surface area contributed by atoms with Crippen molar-refractivity contribution in [3.8, 4) is 0 Å². The van der Waals surface area contributed by atoms with Crippen molar-refractivity contribution in [1.29, 1.82) is 0 Å².